The molecular weight excluding hydrogens is 242 g/mol. The van der Waals surface area contributed by atoms with E-state index in [0.717, 1.165) is 6.42 Å². The molecule has 0 bridgehead atoms. The zero-order valence-electron chi connectivity index (χ0n) is 10.8. The van der Waals surface area contributed by atoms with Crippen molar-refractivity contribution in [2.24, 2.45) is 5.73 Å². The van der Waals surface area contributed by atoms with E-state index in [1.807, 2.05) is 30.3 Å². The lowest BCUT2D eigenvalue weighted by molar-refractivity contribution is -0.123. The van der Waals surface area contributed by atoms with Gasteiger partial charge in [0.25, 0.3) is 0 Å². The number of nitrogens with one attached hydrogen (secondary N) is 2. The van der Waals surface area contributed by atoms with Gasteiger partial charge >= 0.3 is 0 Å². The molecule has 19 heavy (non-hydrogen) atoms. The van der Waals surface area contributed by atoms with Gasteiger partial charge in [0.1, 0.15) is 0 Å². The number of nitrogens with two attached hydrogens (primary N) is 1. The first-order valence-electron chi connectivity index (χ1n) is 6.52. The van der Waals surface area contributed by atoms with Crippen molar-refractivity contribution < 1.29 is 9.59 Å². The standard InChI is InChI=1S/C14H19N3O2/c15-12(7-6-10-4-2-1-3-5-10)14(19)17-11-8-13(18)16-9-11/h1-5,11-12H,6-9,15H2,(H,16,18)(H,17,19)/t11?,12-/m0/s1. The van der Waals surface area contributed by atoms with E-state index in [-0.39, 0.29) is 17.9 Å². The Hall–Kier alpha value is -1.88. The Morgan fingerprint density at radius 3 is 2.79 bits per heavy atom. The minimum atomic E-state index is -0.532. The third-order valence-corrected chi connectivity index (χ3v) is 3.25. The molecule has 102 valence electrons. The predicted octanol–water partition coefficient (Wildman–Crippen LogP) is -0.0488. The van der Waals surface area contributed by atoms with Gasteiger partial charge in [0.15, 0.2) is 0 Å². The van der Waals surface area contributed by atoms with Crippen LogP contribution in [0.1, 0.15) is 18.4 Å². The molecule has 1 aromatic rings. The second kappa shape index (κ2) is 6.33. The van der Waals surface area contributed by atoms with E-state index in [2.05, 4.69) is 10.6 Å². The topological polar surface area (TPSA) is 84.2 Å². The minimum absolute atomic E-state index is 0.0249. The quantitative estimate of drug-likeness (QED) is 0.695. The molecule has 1 heterocycles. The maximum Gasteiger partial charge on any atom is 0.237 e. The number of aryl methyl sites for hydroxylation is 1. The second-order valence-corrected chi connectivity index (χ2v) is 4.84. The van der Waals surface area contributed by atoms with E-state index in [9.17, 15) is 9.59 Å². The Bertz CT molecular complexity index is 447. The van der Waals surface area contributed by atoms with Crippen LogP contribution in [0.2, 0.25) is 0 Å². The van der Waals surface area contributed by atoms with Gasteiger partial charge in [-0.05, 0) is 18.4 Å². The molecule has 2 atom stereocenters. The second-order valence-electron chi connectivity index (χ2n) is 4.84. The number of carbonyl (C=O) groups excluding carboxylic acids is 2. The van der Waals surface area contributed by atoms with Crippen molar-refractivity contribution in [3.05, 3.63) is 35.9 Å². The molecule has 0 aromatic heterocycles. The summed E-state index contributed by atoms with van der Waals surface area (Å²) in [7, 11) is 0. The molecule has 0 aliphatic carbocycles. The minimum Gasteiger partial charge on any atom is -0.354 e. The SMILES string of the molecule is N[C@@H](CCc1ccccc1)C(=O)NC1CNC(=O)C1. The number of hydrogen-bond acceptors (Lipinski definition) is 3. The number of hydrogen-bond donors (Lipinski definition) is 3. The highest BCUT2D eigenvalue weighted by Crippen LogP contribution is 2.05. The molecule has 0 spiro atoms. The molecule has 1 aliphatic rings. The van der Waals surface area contributed by atoms with Crippen LogP contribution in [-0.4, -0.2) is 30.4 Å². The average Bonchev–Trinajstić information content (AvgIpc) is 2.82. The number of carbonyl (C=O) groups is 2. The third-order valence-electron chi connectivity index (χ3n) is 3.25. The lowest BCUT2D eigenvalue weighted by atomic mass is 10.1. The van der Waals surface area contributed by atoms with E-state index >= 15 is 0 Å². The summed E-state index contributed by atoms with van der Waals surface area (Å²) in [6, 6.07) is 9.28. The van der Waals surface area contributed by atoms with Gasteiger partial charge in [-0.15, -0.1) is 0 Å². The van der Waals surface area contributed by atoms with Gasteiger partial charge in [0.2, 0.25) is 11.8 Å². The highest BCUT2D eigenvalue weighted by atomic mass is 16.2. The van der Waals surface area contributed by atoms with Crippen molar-refractivity contribution >= 4 is 11.8 Å². The summed E-state index contributed by atoms with van der Waals surface area (Å²) in [5, 5.41) is 5.48. The Labute approximate surface area is 112 Å². The fourth-order valence-corrected chi connectivity index (χ4v) is 2.11. The van der Waals surface area contributed by atoms with Crippen molar-refractivity contribution in [1.29, 1.82) is 0 Å². The van der Waals surface area contributed by atoms with Gasteiger partial charge in [0, 0.05) is 13.0 Å². The molecular formula is C14H19N3O2. The van der Waals surface area contributed by atoms with Crippen LogP contribution in [0.25, 0.3) is 0 Å². The van der Waals surface area contributed by atoms with E-state index in [4.69, 9.17) is 5.73 Å². The van der Waals surface area contributed by atoms with Crippen LogP contribution in [0.5, 0.6) is 0 Å². The van der Waals surface area contributed by atoms with Crippen molar-refractivity contribution in [1.82, 2.24) is 10.6 Å². The summed E-state index contributed by atoms with van der Waals surface area (Å²) in [5.74, 6) is -0.208. The molecule has 1 unspecified atom stereocenters. The molecule has 4 N–H and O–H groups in total. The maximum absolute atomic E-state index is 11.9. The van der Waals surface area contributed by atoms with Gasteiger partial charge in [-0.2, -0.15) is 0 Å². The normalized spacial score (nSPS) is 19.8. The van der Waals surface area contributed by atoms with Crippen molar-refractivity contribution in [2.75, 3.05) is 6.54 Å². The molecule has 5 nitrogen and oxygen atoms in total. The van der Waals surface area contributed by atoms with Crippen LogP contribution in [0, 0.1) is 0 Å². The summed E-state index contributed by atoms with van der Waals surface area (Å²) >= 11 is 0. The van der Waals surface area contributed by atoms with E-state index in [1.54, 1.807) is 0 Å². The van der Waals surface area contributed by atoms with Crippen molar-refractivity contribution in [3.8, 4) is 0 Å². The van der Waals surface area contributed by atoms with E-state index in [1.165, 1.54) is 5.56 Å². The lowest BCUT2D eigenvalue weighted by Crippen LogP contribution is -2.46. The number of rotatable bonds is 5. The summed E-state index contributed by atoms with van der Waals surface area (Å²) in [6.07, 6.45) is 1.72. The van der Waals surface area contributed by atoms with Crippen LogP contribution in [-0.2, 0) is 16.0 Å². The predicted molar refractivity (Wildman–Crippen MR) is 72.3 cm³/mol. The van der Waals surface area contributed by atoms with Crippen LogP contribution < -0.4 is 16.4 Å². The first-order chi connectivity index (χ1) is 9.15. The highest BCUT2D eigenvalue weighted by molar-refractivity contribution is 5.84. The van der Waals surface area contributed by atoms with Gasteiger partial charge in [0.05, 0.1) is 12.1 Å². The van der Waals surface area contributed by atoms with Gasteiger partial charge in [-0.1, -0.05) is 30.3 Å². The van der Waals surface area contributed by atoms with Crippen LogP contribution >= 0.6 is 0 Å². The fraction of sp³-hybridized carbons (Fsp3) is 0.429. The summed E-state index contributed by atoms with van der Waals surface area (Å²) in [5.41, 5.74) is 7.03. The lowest BCUT2D eigenvalue weighted by Gasteiger charge is -2.15. The molecule has 2 amide bonds. The molecule has 1 saturated heterocycles. The summed E-state index contributed by atoms with van der Waals surface area (Å²) in [4.78, 5) is 22.9. The van der Waals surface area contributed by atoms with E-state index < -0.39 is 6.04 Å². The average molecular weight is 261 g/mol. The smallest absolute Gasteiger partial charge is 0.237 e. The number of amides is 2. The van der Waals surface area contributed by atoms with Gasteiger partial charge in [-0.25, -0.2) is 0 Å². The molecule has 1 aliphatic heterocycles. The Balaban J connectivity index is 1.75. The van der Waals surface area contributed by atoms with Crippen molar-refractivity contribution in [2.45, 2.75) is 31.3 Å². The van der Waals surface area contributed by atoms with Crippen LogP contribution in [0.15, 0.2) is 30.3 Å². The van der Waals surface area contributed by atoms with Gasteiger partial charge in [-0.3, -0.25) is 9.59 Å². The van der Waals surface area contributed by atoms with Crippen molar-refractivity contribution in [3.63, 3.8) is 0 Å². The van der Waals surface area contributed by atoms with Crippen LogP contribution in [0.3, 0.4) is 0 Å². The zero-order valence-corrected chi connectivity index (χ0v) is 10.8. The molecule has 1 aromatic carbocycles. The summed E-state index contributed by atoms with van der Waals surface area (Å²) < 4.78 is 0. The molecule has 5 heteroatoms. The number of benzene rings is 1. The van der Waals surface area contributed by atoms with Gasteiger partial charge < -0.3 is 16.4 Å². The van der Waals surface area contributed by atoms with Crippen LogP contribution in [0.4, 0.5) is 0 Å². The monoisotopic (exact) mass is 261 g/mol. The fourth-order valence-electron chi connectivity index (χ4n) is 2.11. The first kappa shape index (κ1) is 13.5. The maximum atomic E-state index is 11.9. The molecule has 2 rings (SSSR count). The third kappa shape index (κ3) is 4.06. The zero-order chi connectivity index (χ0) is 13.7. The molecule has 1 fully saturated rings. The molecule has 0 saturated carbocycles. The first-order valence-corrected chi connectivity index (χ1v) is 6.52. The highest BCUT2D eigenvalue weighted by Gasteiger charge is 2.24. The Morgan fingerprint density at radius 2 is 2.16 bits per heavy atom. The Morgan fingerprint density at radius 1 is 1.42 bits per heavy atom. The van der Waals surface area contributed by atoms with E-state index in [0.29, 0.717) is 19.4 Å². The largest absolute Gasteiger partial charge is 0.354 e. The molecule has 0 radical (unpaired) electrons. The summed E-state index contributed by atoms with van der Waals surface area (Å²) in [6.45, 7) is 0.496. The Kier molecular flexibility index (Phi) is 4.52.